The van der Waals surface area contributed by atoms with Gasteiger partial charge in [0.05, 0.1) is 17.9 Å². The van der Waals surface area contributed by atoms with Crippen molar-refractivity contribution in [3.63, 3.8) is 0 Å². The minimum absolute atomic E-state index is 0.000544. The highest BCUT2D eigenvalue weighted by molar-refractivity contribution is 5.88. The Morgan fingerprint density at radius 2 is 1.71 bits per heavy atom. The third-order valence-corrected chi connectivity index (χ3v) is 4.83. The van der Waals surface area contributed by atoms with Gasteiger partial charge < -0.3 is 15.3 Å². The Morgan fingerprint density at radius 3 is 2.39 bits per heavy atom. The highest BCUT2D eigenvalue weighted by Gasteiger charge is 2.30. The summed E-state index contributed by atoms with van der Waals surface area (Å²) in [6, 6.07) is 18.9. The van der Waals surface area contributed by atoms with E-state index in [1.807, 2.05) is 60.7 Å². The number of hydrogen-bond acceptors (Lipinski definition) is 3. The molecule has 7 nitrogen and oxygen atoms in total. The first kappa shape index (κ1) is 17.8. The average Bonchev–Trinajstić information content (AvgIpc) is 3.12. The Balaban J connectivity index is 1.55. The highest BCUT2D eigenvalue weighted by Crippen LogP contribution is 2.25. The third kappa shape index (κ3) is 3.46. The van der Waals surface area contributed by atoms with Crippen molar-refractivity contribution in [3.8, 4) is 5.69 Å². The van der Waals surface area contributed by atoms with Gasteiger partial charge >= 0.3 is 12.0 Å². The molecule has 1 aliphatic rings. The number of carbonyl (C=O) groups is 2. The van der Waals surface area contributed by atoms with Crippen LogP contribution in [0.4, 0.5) is 4.79 Å². The number of para-hydroxylation sites is 1. The summed E-state index contributed by atoms with van der Waals surface area (Å²) in [5.41, 5.74) is 3.26. The summed E-state index contributed by atoms with van der Waals surface area (Å²) >= 11 is 0. The first-order valence-corrected chi connectivity index (χ1v) is 9.09. The molecule has 1 aliphatic heterocycles. The van der Waals surface area contributed by atoms with Gasteiger partial charge in [0, 0.05) is 25.1 Å². The van der Waals surface area contributed by atoms with Crippen LogP contribution >= 0.6 is 0 Å². The van der Waals surface area contributed by atoms with E-state index in [0.717, 1.165) is 16.9 Å². The van der Waals surface area contributed by atoms with E-state index in [-0.39, 0.29) is 18.3 Å². The first-order chi connectivity index (χ1) is 13.6. The van der Waals surface area contributed by atoms with E-state index in [9.17, 15) is 14.7 Å². The Morgan fingerprint density at radius 1 is 1.04 bits per heavy atom. The maximum Gasteiger partial charge on any atom is 0.356 e. The fourth-order valence-corrected chi connectivity index (χ4v) is 3.43. The third-order valence-electron chi connectivity index (χ3n) is 4.83. The zero-order valence-electron chi connectivity index (χ0n) is 15.2. The van der Waals surface area contributed by atoms with E-state index in [0.29, 0.717) is 25.1 Å². The van der Waals surface area contributed by atoms with E-state index in [1.54, 1.807) is 9.58 Å². The quantitative estimate of drug-likeness (QED) is 0.733. The summed E-state index contributed by atoms with van der Waals surface area (Å²) in [5.74, 6) is -1.09. The second kappa shape index (κ2) is 7.56. The summed E-state index contributed by atoms with van der Waals surface area (Å²) in [6.07, 6.45) is 0.545. The first-order valence-electron chi connectivity index (χ1n) is 9.09. The van der Waals surface area contributed by atoms with Crippen LogP contribution in [0.15, 0.2) is 60.7 Å². The summed E-state index contributed by atoms with van der Waals surface area (Å²) in [7, 11) is 0. The molecule has 7 heteroatoms. The number of nitrogens with zero attached hydrogens (tertiary/aromatic N) is 3. The van der Waals surface area contributed by atoms with Crippen LogP contribution in [0, 0.1) is 0 Å². The fraction of sp³-hybridized carbons (Fsp3) is 0.190. The number of carboxylic acid groups (broad SMARTS) is 1. The van der Waals surface area contributed by atoms with Crippen LogP contribution in [-0.4, -0.2) is 38.3 Å². The standard InChI is InChI=1S/C21H20N4O3/c26-20(27)19-17-14-24(21(28)22-13-15-7-3-1-4-8-15)12-11-18(17)25(23-19)16-9-5-2-6-10-16/h1-10H,11-14H2,(H,22,28)(H,26,27). The number of rotatable bonds is 4. The molecule has 0 unspecified atom stereocenters. The van der Waals surface area contributed by atoms with Crippen molar-refractivity contribution in [1.29, 1.82) is 0 Å². The molecule has 0 saturated carbocycles. The van der Waals surface area contributed by atoms with E-state index < -0.39 is 5.97 Å². The molecule has 0 atom stereocenters. The molecule has 0 bridgehead atoms. The summed E-state index contributed by atoms with van der Waals surface area (Å²) in [4.78, 5) is 25.9. The zero-order valence-corrected chi connectivity index (χ0v) is 15.2. The maximum absolute atomic E-state index is 12.6. The number of benzene rings is 2. The number of carbonyl (C=O) groups excluding carboxylic acids is 1. The van der Waals surface area contributed by atoms with Crippen molar-refractivity contribution in [3.05, 3.63) is 83.2 Å². The van der Waals surface area contributed by atoms with Gasteiger partial charge in [0.25, 0.3) is 0 Å². The SMILES string of the molecule is O=C(O)c1nn(-c2ccccc2)c2c1CN(C(=O)NCc1ccccc1)CC2. The number of aromatic carboxylic acids is 1. The van der Waals surface area contributed by atoms with Crippen LogP contribution < -0.4 is 5.32 Å². The monoisotopic (exact) mass is 376 g/mol. The predicted octanol–water partition coefficient (Wildman–Crippen LogP) is 2.84. The number of hydrogen-bond donors (Lipinski definition) is 2. The molecule has 4 rings (SSSR count). The van der Waals surface area contributed by atoms with E-state index in [2.05, 4.69) is 10.4 Å². The average molecular weight is 376 g/mol. The molecule has 3 aromatic rings. The van der Waals surface area contributed by atoms with Gasteiger partial charge in [0.2, 0.25) is 0 Å². The molecule has 28 heavy (non-hydrogen) atoms. The molecule has 0 spiro atoms. The lowest BCUT2D eigenvalue weighted by atomic mass is 10.1. The van der Waals surface area contributed by atoms with Gasteiger partial charge in [-0.25, -0.2) is 14.3 Å². The molecule has 2 heterocycles. The minimum atomic E-state index is -1.09. The van der Waals surface area contributed by atoms with Crippen LogP contribution in [-0.2, 0) is 19.5 Å². The molecule has 0 aliphatic carbocycles. The Bertz CT molecular complexity index is 999. The van der Waals surface area contributed by atoms with Crippen LogP contribution in [0.2, 0.25) is 0 Å². The van der Waals surface area contributed by atoms with Crippen LogP contribution in [0.1, 0.15) is 27.3 Å². The van der Waals surface area contributed by atoms with E-state index in [1.165, 1.54) is 0 Å². The second-order valence-electron chi connectivity index (χ2n) is 6.64. The lowest BCUT2D eigenvalue weighted by Crippen LogP contribution is -2.42. The van der Waals surface area contributed by atoms with Crippen LogP contribution in [0.5, 0.6) is 0 Å². The molecule has 2 amide bonds. The van der Waals surface area contributed by atoms with E-state index in [4.69, 9.17) is 0 Å². The van der Waals surface area contributed by atoms with Crippen LogP contribution in [0.3, 0.4) is 0 Å². The van der Waals surface area contributed by atoms with Gasteiger partial charge in [0.1, 0.15) is 0 Å². The second-order valence-corrected chi connectivity index (χ2v) is 6.64. The number of urea groups is 1. The van der Waals surface area contributed by atoms with Crippen molar-refractivity contribution >= 4 is 12.0 Å². The van der Waals surface area contributed by atoms with E-state index >= 15 is 0 Å². The Kier molecular flexibility index (Phi) is 4.80. The largest absolute Gasteiger partial charge is 0.476 e. The van der Waals surface area contributed by atoms with Crippen LogP contribution in [0.25, 0.3) is 5.69 Å². The van der Waals surface area contributed by atoms with Gasteiger partial charge in [-0.3, -0.25) is 0 Å². The minimum Gasteiger partial charge on any atom is -0.476 e. The fourth-order valence-electron chi connectivity index (χ4n) is 3.43. The predicted molar refractivity (Wildman–Crippen MR) is 103 cm³/mol. The van der Waals surface area contributed by atoms with Crippen molar-refractivity contribution < 1.29 is 14.7 Å². The topological polar surface area (TPSA) is 87.5 Å². The molecule has 0 saturated heterocycles. The van der Waals surface area contributed by atoms with Crippen molar-refractivity contribution in [2.75, 3.05) is 6.54 Å². The molecule has 2 N–H and O–H groups in total. The smallest absolute Gasteiger partial charge is 0.356 e. The molecule has 1 aromatic heterocycles. The van der Waals surface area contributed by atoms with Gasteiger partial charge in [-0.2, -0.15) is 5.10 Å². The highest BCUT2D eigenvalue weighted by atomic mass is 16.4. The summed E-state index contributed by atoms with van der Waals surface area (Å²) in [6.45, 7) is 1.16. The van der Waals surface area contributed by atoms with Gasteiger partial charge in [0.15, 0.2) is 5.69 Å². The Hall–Kier alpha value is -3.61. The molecule has 0 fully saturated rings. The Labute approximate surface area is 162 Å². The van der Waals surface area contributed by atoms with Gasteiger partial charge in [-0.05, 0) is 17.7 Å². The number of nitrogens with one attached hydrogen (secondary N) is 1. The lowest BCUT2D eigenvalue weighted by Gasteiger charge is -2.28. The van der Waals surface area contributed by atoms with Crippen molar-refractivity contribution in [1.82, 2.24) is 20.0 Å². The molecule has 2 aromatic carbocycles. The number of fused-ring (bicyclic) bond motifs is 1. The molecule has 142 valence electrons. The molecular weight excluding hydrogens is 356 g/mol. The number of carboxylic acids is 1. The summed E-state index contributed by atoms with van der Waals surface area (Å²) < 4.78 is 1.68. The molecular formula is C21H20N4O3. The van der Waals surface area contributed by atoms with Gasteiger partial charge in [-0.15, -0.1) is 0 Å². The number of aromatic nitrogens is 2. The van der Waals surface area contributed by atoms with Crippen molar-refractivity contribution in [2.24, 2.45) is 0 Å². The maximum atomic E-state index is 12.6. The normalized spacial score (nSPS) is 13.1. The van der Waals surface area contributed by atoms with Crippen molar-refractivity contribution in [2.45, 2.75) is 19.5 Å². The lowest BCUT2D eigenvalue weighted by molar-refractivity contribution is 0.0687. The zero-order chi connectivity index (χ0) is 19.5. The van der Waals surface area contributed by atoms with Gasteiger partial charge in [-0.1, -0.05) is 48.5 Å². The summed E-state index contributed by atoms with van der Waals surface area (Å²) in [5, 5.41) is 16.8. The number of amides is 2. The molecule has 0 radical (unpaired) electrons.